The van der Waals surface area contributed by atoms with Crippen molar-refractivity contribution in [2.75, 3.05) is 6.54 Å². The van der Waals surface area contributed by atoms with E-state index in [4.69, 9.17) is 11.6 Å². The first-order valence-corrected chi connectivity index (χ1v) is 7.24. The molecule has 1 unspecified atom stereocenters. The lowest BCUT2D eigenvalue weighted by molar-refractivity contribution is 0.627. The van der Waals surface area contributed by atoms with Crippen molar-refractivity contribution >= 4 is 34.2 Å². The second kappa shape index (κ2) is 6.04. The molecule has 0 saturated carbocycles. The van der Waals surface area contributed by atoms with Gasteiger partial charge in [0.2, 0.25) is 0 Å². The molecule has 96 valence electrons. The Morgan fingerprint density at radius 2 is 2.28 bits per heavy atom. The van der Waals surface area contributed by atoms with Crippen LogP contribution in [-0.2, 0) is 7.05 Å². The van der Waals surface area contributed by atoms with Crippen molar-refractivity contribution in [1.29, 1.82) is 0 Å². The van der Waals surface area contributed by atoms with Gasteiger partial charge in [0.1, 0.15) is 0 Å². The minimum absolute atomic E-state index is 0.134. The third-order valence-electron chi connectivity index (χ3n) is 2.74. The predicted octanol–water partition coefficient (Wildman–Crippen LogP) is 3.38. The third kappa shape index (κ3) is 3.05. The van der Waals surface area contributed by atoms with E-state index in [1.54, 1.807) is 0 Å². The van der Waals surface area contributed by atoms with Crippen LogP contribution in [0.3, 0.4) is 0 Å². The molecular weight excluding hydrogens is 361 g/mol. The molecule has 1 aromatic carbocycles. The van der Waals surface area contributed by atoms with Crippen LogP contribution in [-0.4, -0.2) is 16.3 Å². The number of hydrogen-bond acceptors (Lipinski definition) is 2. The highest BCUT2D eigenvalue weighted by molar-refractivity contribution is 14.1. The Morgan fingerprint density at radius 1 is 1.50 bits per heavy atom. The molecule has 2 rings (SSSR count). The van der Waals surface area contributed by atoms with Crippen LogP contribution >= 0.6 is 34.2 Å². The molecule has 0 fully saturated rings. The van der Waals surface area contributed by atoms with Gasteiger partial charge in [0.25, 0.3) is 0 Å². The highest BCUT2D eigenvalue weighted by Crippen LogP contribution is 2.28. The molecule has 5 heteroatoms. The largest absolute Gasteiger partial charge is 0.306 e. The van der Waals surface area contributed by atoms with Gasteiger partial charge in [-0.15, -0.1) is 0 Å². The van der Waals surface area contributed by atoms with Crippen LogP contribution in [0.5, 0.6) is 0 Å². The zero-order valence-corrected chi connectivity index (χ0v) is 13.2. The van der Waals surface area contributed by atoms with Gasteiger partial charge in [-0.1, -0.05) is 18.5 Å². The average molecular weight is 376 g/mol. The minimum Gasteiger partial charge on any atom is -0.306 e. The molecule has 0 saturated heterocycles. The first-order valence-electron chi connectivity index (χ1n) is 5.78. The van der Waals surface area contributed by atoms with Crippen molar-refractivity contribution in [1.82, 2.24) is 15.1 Å². The topological polar surface area (TPSA) is 29.9 Å². The van der Waals surface area contributed by atoms with Crippen LogP contribution in [0.1, 0.15) is 24.1 Å². The molecule has 0 aliphatic carbocycles. The zero-order chi connectivity index (χ0) is 13.1. The molecule has 1 aromatic heterocycles. The number of aromatic nitrogens is 2. The molecule has 0 bridgehead atoms. The van der Waals surface area contributed by atoms with E-state index < -0.39 is 0 Å². The van der Waals surface area contributed by atoms with Crippen LogP contribution < -0.4 is 5.32 Å². The second-order valence-corrected chi connectivity index (χ2v) is 5.70. The summed E-state index contributed by atoms with van der Waals surface area (Å²) in [4.78, 5) is 0. The molecular formula is C13H15ClIN3. The van der Waals surface area contributed by atoms with Crippen molar-refractivity contribution in [3.63, 3.8) is 0 Å². The lowest BCUT2D eigenvalue weighted by Crippen LogP contribution is -2.22. The van der Waals surface area contributed by atoms with Gasteiger partial charge in [0.05, 0.1) is 12.2 Å². The molecule has 0 aliphatic rings. The number of nitrogens with one attached hydrogen (secondary N) is 1. The van der Waals surface area contributed by atoms with Crippen LogP contribution in [0.4, 0.5) is 0 Å². The van der Waals surface area contributed by atoms with Gasteiger partial charge in [0.15, 0.2) is 0 Å². The quantitative estimate of drug-likeness (QED) is 0.830. The summed E-state index contributed by atoms with van der Waals surface area (Å²) in [6.07, 6.45) is 3.93. The Hall–Kier alpha value is -0.590. The number of benzene rings is 1. The average Bonchev–Trinajstić information content (AvgIpc) is 2.76. The summed E-state index contributed by atoms with van der Waals surface area (Å²) in [6.45, 7) is 2.99. The van der Waals surface area contributed by atoms with Gasteiger partial charge >= 0.3 is 0 Å². The Balaban J connectivity index is 2.44. The van der Waals surface area contributed by atoms with Crippen molar-refractivity contribution in [2.24, 2.45) is 7.05 Å². The number of nitrogens with zero attached hydrogens (tertiary/aromatic N) is 2. The maximum absolute atomic E-state index is 6.10. The maximum Gasteiger partial charge on any atom is 0.0618 e. The number of aryl methyl sites for hydroxylation is 1. The lowest BCUT2D eigenvalue weighted by Gasteiger charge is -2.18. The fourth-order valence-corrected chi connectivity index (χ4v) is 2.76. The van der Waals surface area contributed by atoms with E-state index in [1.165, 1.54) is 9.13 Å². The summed E-state index contributed by atoms with van der Waals surface area (Å²) in [7, 11) is 1.93. The highest BCUT2D eigenvalue weighted by atomic mass is 127. The van der Waals surface area contributed by atoms with E-state index in [1.807, 2.05) is 42.3 Å². The van der Waals surface area contributed by atoms with Gasteiger partial charge in [0, 0.05) is 27.4 Å². The standard InChI is InChI=1S/C13H15ClIN3/c1-3-16-13(9-7-17-18(2)8-9)11-6-10(14)4-5-12(11)15/h4-8,13,16H,3H2,1-2H3. The number of halogens is 2. The van der Waals surface area contributed by atoms with E-state index in [0.717, 1.165) is 17.1 Å². The van der Waals surface area contributed by atoms with Gasteiger partial charge in [-0.2, -0.15) is 5.10 Å². The van der Waals surface area contributed by atoms with E-state index >= 15 is 0 Å². The lowest BCUT2D eigenvalue weighted by atomic mass is 10.0. The molecule has 1 N–H and O–H groups in total. The van der Waals surface area contributed by atoms with Crippen LogP contribution in [0.25, 0.3) is 0 Å². The van der Waals surface area contributed by atoms with Crippen molar-refractivity contribution < 1.29 is 0 Å². The SMILES string of the molecule is CCNC(c1cnn(C)c1)c1cc(Cl)ccc1I. The van der Waals surface area contributed by atoms with Gasteiger partial charge in [-0.3, -0.25) is 4.68 Å². The Bertz CT molecular complexity index is 539. The van der Waals surface area contributed by atoms with Crippen LogP contribution in [0.15, 0.2) is 30.6 Å². The first kappa shape index (κ1) is 13.8. The summed E-state index contributed by atoms with van der Waals surface area (Å²) in [5, 5.41) is 8.48. The highest BCUT2D eigenvalue weighted by Gasteiger charge is 2.17. The van der Waals surface area contributed by atoms with E-state index in [-0.39, 0.29) is 6.04 Å². The van der Waals surface area contributed by atoms with Gasteiger partial charge < -0.3 is 5.32 Å². The molecule has 2 aromatic rings. The van der Waals surface area contributed by atoms with Crippen LogP contribution in [0, 0.1) is 3.57 Å². The minimum atomic E-state index is 0.134. The Kier molecular flexibility index (Phi) is 4.64. The van der Waals surface area contributed by atoms with E-state index in [2.05, 4.69) is 39.9 Å². The molecule has 0 aliphatic heterocycles. The monoisotopic (exact) mass is 375 g/mol. The summed E-state index contributed by atoms with van der Waals surface area (Å²) in [5.74, 6) is 0. The molecule has 1 atom stereocenters. The van der Waals surface area contributed by atoms with Crippen LogP contribution in [0.2, 0.25) is 5.02 Å². The predicted molar refractivity (Wildman–Crippen MR) is 82.9 cm³/mol. The molecule has 1 heterocycles. The fourth-order valence-electron chi connectivity index (χ4n) is 1.94. The van der Waals surface area contributed by atoms with E-state index in [0.29, 0.717) is 0 Å². The Morgan fingerprint density at radius 3 is 2.89 bits per heavy atom. The molecule has 0 amide bonds. The Labute approximate surface area is 126 Å². The summed E-state index contributed by atoms with van der Waals surface area (Å²) >= 11 is 8.44. The molecule has 0 radical (unpaired) electrons. The maximum atomic E-state index is 6.10. The van der Waals surface area contributed by atoms with Crippen molar-refractivity contribution in [2.45, 2.75) is 13.0 Å². The number of rotatable bonds is 4. The second-order valence-electron chi connectivity index (χ2n) is 4.10. The molecule has 0 spiro atoms. The van der Waals surface area contributed by atoms with Gasteiger partial charge in [-0.05, 0) is 52.9 Å². The first-order chi connectivity index (χ1) is 8.61. The van der Waals surface area contributed by atoms with Crippen molar-refractivity contribution in [3.8, 4) is 0 Å². The third-order valence-corrected chi connectivity index (χ3v) is 3.95. The summed E-state index contributed by atoms with van der Waals surface area (Å²) in [6, 6.07) is 6.11. The fraction of sp³-hybridized carbons (Fsp3) is 0.308. The molecule has 18 heavy (non-hydrogen) atoms. The summed E-state index contributed by atoms with van der Waals surface area (Å²) < 4.78 is 3.02. The molecule has 3 nitrogen and oxygen atoms in total. The van der Waals surface area contributed by atoms with E-state index in [9.17, 15) is 0 Å². The smallest absolute Gasteiger partial charge is 0.0618 e. The van der Waals surface area contributed by atoms with Gasteiger partial charge in [-0.25, -0.2) is 0 Å². The zero-order valence-electron chi connectivity index (χ0n) is 10.3. The van der Waals surface area contributed by atoms with Crippen molar-refractivity contribution in [3.05, 3.63) is 50.3 Å². The normalized spacial score (nSPS) is 12.7. The summed E-state index contributed by atoms with van der Waals surface area (Å²) in [5.41, 5.74) is 2.34. The number of hydrogen-bond donors (Lipinski definition) is 1.